The molecule has 0 saturated carbocycles. The van der Waals surface area contributed by atoms with Crippen molar-refractivity contribution < 1.29 is 4.79 Å². The normalized spacial score (nSPS) is 10.4. The van der Waals surface area contributed by atoms with E-state index in [9.17, 15) is 4.79 Å². The maximum atomic E-state index is 12.6. The van der Waals surface area contributed by atoms with Crippen molar-refractivity contribution in [3.05, 3.63) is 88.7 Å². The zero-order valence-corrected chi connectivity index (χ0v) is 15.5. The number of halogens is 1. The first-order chi connectivity index (χ1) is 12.5. The maximum Gasteiger partial charge on any atom is 0.274 e. The quantitative estimate of drug-likeness (QED) is 0.697. The molecule has 0 aliphatic rings. The molecule has 1 heterocycles. The lowest BCUT2D eigenvalue weighted by molar-refractivity contribution is 0.102. The molecular formula is C21H20ClN3O. The molecule has 4 nitrogen and oxygen atoms in total. The van der Waals surface area contributed by atoms with Crippen LogP contribution in [-0.2, 0) is 6.54 Å². The minimum atomic E-state index is -0.259. The summed E-state index contributed by atoms with van der Waals surface area (Å²) in [5, 5.41) is 3.50. The van der Waals surface area contributed by atoms with Crippen molar-refractivity contribution in [2.24, 2.45) is 0 Å². The Bertz CT molecular complexity index is 912. The van der Waals surface area contributed by atoms with Gasteiger partial charge in [-0.05, 0) is 42.3 Å². The van der Waals surface area contributed by atoms with Crippen LogP contribution in [0.15, 0.2) is 66.9 Å². The van der Waals surface area contributed by atoms with Crippen molar-refractivity contribution in [2.75, 3.05) is 17.3 Å². The van der Waals surface area contributed by atoms with Crippen molar-refractivity contribution in [1.29, 1.82) is 0 Å². The molecule has 1 N–H and O–H groups in total. The van der Waals surface area contributed by atoms with E-state index in [-0.39, 0.29) is 5.91 Å². The fraction of sp³-hybridized carbons (Fsp3) is 0.143. The minimum absolute atomic E-state index is 0.259. The molecule has 132 valence electrons. The Labute approximate surface area is 158 Å². The zero-order valence-electron chi connectivity index (χ0n) is 14.7. The van der Waals surface area contributed by atoms with Crippen molar-refractivity contribution in [3.63, 3.8) is 0 Å². The minimum Gasteiger partial charge on any atom is -0.370 e. The third kappa shape index (κ3) is 4.21. The number of rotatable bonds is 5. The summed E-state index contributed by atoms with van der Waals surface area (Å²) in [6.07, 6.45) is 1.65. The number of anilines is 2. The summed E-state index contributed by atoms with van der Waals surface area (Å²) in [5.74, 6) is -0.259. The number of hydrogen-bond acceptors (Lipinski definition) is 3. The maximum absolute atomic E-state index is 12.6. The van der Waals surface area contributed by atoms with Gasteiger partial charge in [-0.3, -0.25) is 9.78 Å². The molecule has 0 bridgehead atoms. The van der Waals surface area contributed by atoms with Crippen molar-refractivity contribution in [3.8, 4) is 0 Å². The summed E-state index contributed by atoms with van der Waals surface area (Å²) in [6.45, 7) is 2.62. The molecule has 0 radical (unpaired) electrons. The lowest BCUT2D eigenvalue weighted by Crippen LogP contribution is -2.19. The van der Waals surface area contributed by atoms with Gasteiger partial charge in [-0.1, -0.05) is 48.0 Å². The lowest BCUT2D eigenvalue weighted by atomic mass is 10.2. The molecule has 3 aromatic rings. The van der Waals surface area contributed by atoms with Gasteiger partial charge < -0.3 is 10.2 Å². The van der Waals surface area contributed by atoms with Gasteiger partial charge in [0.15, 0.2) is 0 Å². The van der Waals surface area contributed by atoms with Crippen molar-refractivity contribution in [1.82, 2.24) is 4.98 Å². The number of amides is 1. The largest absolute Gasteiger partial charge is 0.370 e. The van der Waals surface area contributed by atoms with Crippen LogP contribution < -0.4 is 10.2 Å². The highest BCUT2D eigenvalue weighted by molar-refractivity contribution is 6.31. The molecule has 1 aromatic heterocycles. The van der Waals surface area contributed by atoms with Gasteiger partial charge in [0, 0.05) is 36.2 Å². The number of nitrogens with zero attached hydrogens (tertiary/aromatic N) is 2. The molecular weight excluding hydrogens is 346 g/mol. The Morgan fingerprint density at radius 3 is 2.65 bits per heavy atom. The van der Waals surface area contributed by atoms with Gasteiger partial charge >= 0.3 is 0 Å². The monoisotopic (exact) mass is 365 g/mol. The first-order valence-corrected chi connectivity index (χ1v) is 8.70. The Balaban J connectivity index is 1.76. The number of carbonyl (C=O) groups is 1. The first kappa shape index (κ1) is 18.0. The van der Waals surface area contributed by atoms with Crippen LogP contribution in [0.3, 0.4) is 0 Å². The number of carbonyl (C=O) groups excluding carboxylic acids is 1. The van der Waals surface area contributed by atoms with Gasteiger partial charge in [0.1, 0.15) is 5.69 Å². The zero-order chi connectivity index (χ0) is 18.5. The fourth-order valence-electron chi connectivity index (χ4n) is 2.66. The van der Waals surface area contributed by atoms with E-state index in [1.54, 1.807) is 18.3 Å². The standard InChI is InChI=1S/C21H20ClN3O/c1-15-18(22)9-6-10-19(15)24-21(26)20-13-17(11-12-23-20)25(2)14-16-7-4-3-5-8-16/h3-13H,14H2,1-2H3,(H,24,26). The van der Waals surface area contributed by atoms with E-state index in [0.29, 0.717) is 16.4 Å². The Morgan fingerprint density at radius 2 is 1.88 bits per heavy atom. The predicted octanol–water partition coefficient (Wildman–Crippen LogP) is 4.93. The molecule has 0 fully saturated rings. The van der Waals surface area contributed by atoms with E-state index in [2.05, 4.69) is 27.3 Å². The number of benzene rings is 2. The third-order valence-electron chi connectivity index (χ3n) is 4.20. The number of hydrogen-bond donors (Lipinski definition) is 1. The average molecular weight is 366 g/mol. The molecule has 0 unspecified atom stereocenters. The van der Waals surface area contributed by atoms with Crippen LogP contribution in [0.4, 0.5) is 11.4 Å². The summed E-state index contributed by atoms with van der Waals surface area (Å²) in [4.78, 5) is 18.9. The summed E-state index contributed by atoms with van der Waals surface area (Å²) in [5.41, 5.74) is 4.01. The summed E-state index contributed by atoms with van der Waals surface area (Å²) < 4.78 is 0. The van der Waals surface area contributed by atoms with Gasteiger partial charge in [-0.2, -0.15) is 0 Å². The van der Waals surface area contributed by atoms with Crippen LogP contribution >= 0.6 is 11.6 Å². The molecule has 0 saturated heterocycles. The number of aromatic nitrogens is 1. The Kier molecular flexibility index (Phi) is 5.54. The van der Waals surface area contributed by atoms with E-state index in [1.165, 1.54) is 5.56 Å². The molecule has 2 aromatic carbocycles. The van der Waals surface area contributed by atoms with Gasteiger partial charge in [-0.25, -0.2) is 0 Å². The molecule has 0 atom stereocenters. The molecule has 0 aliphatic carbocycles. The summed E-state index contributed by atoms with van der Waals surface area (Å²) >= 11 is 6.11. The second kappa shape index (κ2) is 8.02. The molecule has 0 spiro atoms. The van der Waals surface area contributed by atoms with E-state index in [0.717, 1.165) is 17.8 Å². The fourth-order valence-corrected chi connectivity index (χ4v) is 2.83. The number of nitrogens with one attached hydrogen (secondary N) is 1. The van der Waals surface area contributed by atoms with E-state index in [1.807, 2.05) is 50.4 Å². The molecule has 0 aliphatic heterocycles. The second-order valence-electron chi connectivity index (χ2n) is 6.11. The highest BCUT2D eigenvalue weighted by Crippen LogP contribution is 2.24. The number of pyridine rings is 1. The van der Waals surface area contributed by atoms with Gasteiger partial charge in [0.25, 0.3) is 5.91 Å². The van der Waals surface area contributed by atoms with Crippen molar-refractivity contribution in [2.45, 2.75) is 13.5 Å². The second-order valence-corrected chi connectivity index (χ2v) is 6.51. The Hall–Kier alpha value is -2.85. The van der Waals surface area contributed by atoms with Crippen LogP contribution in [0.2, 0.25) is 5.02 Å². The SMILES string of the molecule is Cc1c(Cl)cccc1NC(=O)c1cc(N(C)Cc2ccccc2)ccn1. The molecule has 1 amide bonds. The topological polar surface area (TPSA) is 45.2 Å². The highest BCUT2D eigenvalue weighted by Gasteiger charge is 2.12. The van der Waals surface area contributed by atoms with Crippen LogP contribution in [0.25, 0.3) is 0 Å². The van der Waals surface area contributed by atoms with Crippen LogP contribution in [0.1, 0.15) is 21.6 Å². The van der Waals surface area contributed by atoms with Gasteiger partial charge in [0.05, 0.1) is 0 Å². The summed E-state index contributed by atoms with van der Waals surface area (Å²) in [6, 6.07) is 19.3. The third-order valence-corrected chi connectivity index (χ3v) is 4.60. The van der Waals surface area contributed by atoms with Gasteiger partial charge in [-0.15, -0.1) is 0 Å². The summed E-state index contributed by atoms with van der Waals surface area (Å²) in [7, 11) is 1.99. The van der Waals surface area contributed by atoms with Crippen molar-refractivity contribution >= 4 is 28.9 Å². The molecule has 5 heteroatoms. The average Bonchev–Trinajstić information content (AvgIpc) is 2.66. The van der Waals surface area contributed by atoms with Gasteiger partial charge in [0.2, 0.25) is 0 Å². The highest BCUT2D eigenvalue weighted by atomic mass is 35.5. The smallest absolute Gasteiger partial charge is 0.274 e. The lowest BCUT2D eigenvalue weighted by Gasteiger charge is -2.20. The van der Waals surface area contributed by atoms with Crippen LogP contribution in [-0.4, -0.2) is 17.9 Å². The van der Waals surface area contributed by atoms with E-state index < -0.39 is 0 Å². The van der Waals surface area contributed by atoms with E-state index >= 15 is 0 Å². The predicted molar refractivity (Wildman–Crippen MR) is 107 cm³/mol. The molecule has 3 rings (SSSR count). The van der Waals surface area contributed by atoms with Crippen LogP contribution in [0.5, 0.6) is 0 Å². The first-order valence-electron chi connectivity index (χ1n) is 8.32. The molecule has 26 heavy (non-hydrogen) atoms. The Morgan fingerprint density at radius 1 is 1.12 bits per heavy atom. The van der Waals surface area contributed by atoms with E-state index in [4.69, 9.17) is 11.6 Å². The van der Waals surface area contributed by atoms with Crippen LogP contribution in [0, 0.1) is 6.92 Å².